The van der Waals surface area contributed by atoms with Crippen LogP contribution in [0.4, 0.5) is 4.39 Å². The Morgan fingerprint density at radius 3 is 2.83 bits per heavy atom. The number of hydrogen-bond donors (Lipinski definition) is 2. The van der Waals surface area contributed by atoms with Crippen LogP contribution in [0.25, 0.3) is 11.3 Å². The Labute approximate surface area is 105 Å². The van der Waals surface area contributed by atoms with Crippen LogP contribution in [-0.2, 0) is 6.54 Å². The first-order chi connectivity index (χ1) is 8.65. The molecule has 0 amide bonds. The number of H-pyrrole nitrogens is 1. The predicted octanol–water partition coefficient (Wildman–Crippen LogP) is 2.25. The summed E-state index contributed by atoms with van der Waals surface area (Å²) in [6.45, 7) is 2.53. The van der Waals surface area contributed by atoms with E-state index in [0.717, 1.165) is 22.8 Å². The lowest BCUT2D eigenvalue weighted by Gasteiger charge is -2.05. The van der Waals surface area contributed by atoms with Crippen LogP contribution in [-0.4, -0.2) is 24.1 Å². The van der Waals surface area contributed by atoms with Crippen LogP contribution in [0, 0.1) is 12.7 Å². The molecule has 0 radical (unpaired) electrons. The van der Waals surface area contributed by atoms with Crippen molar-refractivity contribution in [1.29, 1.82) is 0 Å². The van der Waals surface area contributed by atoms with Gasteiger partial charge in [0, 0.05) is 12.1 Å². The molecule has 0 bridgehead atoms. The first-order valence-electron chi connectivity index (χ1n) is 5.69. The van der Waals surface area contributed by atoms with Gasteiger partial charge in [-0.3, -0.25) is 0 Å². The summed E-state index contributed by atoms with van der Waals surface area (Å²) in [5.74, 6) is 0.665. The molecule has 18 heavy (non-hydrogen) atoms. The number of imidazole rings is 1. The average molecular weight is 249 g/mol. The molecule has 0 fully saturated rings. The monoisotopic (exact) mass is 249 g/mol. The van der Waals surface area contributed by atoms with Gasteiger partial charge >= 0.3 is 0 Å². The molecule has 1 aromatic heterocycles. The topological polar surface area (TPSA) is 49.9 Å². The van der Waals surface area contributed by atoms with Crippen molar-refractivity contribution < 1.29 is 9.13 Å². The van der Waals surface area contributed by atoms with Gasteiger partial charge in [0.25, 0.3) is 0 Å². The van der Waals surface area contributed by atoms with E-state index >= 15 is 0 Å². The van der Waals surface area contributed by atoms with Gasteiger partial charge in [0.1, 0.15) is 5.82 Å². The number of benzene rings is 1. The first-order valence-corrected chi connectivity index (χ1v) is 5.69. The Morgan fingerprint density at radius 1 is 1.44 bits per heavy atom. The van der Waals surface area contributed by atoms with Crippen LogP contribution in [0.15, 0.2) is 18.2 Å². The number of ether oxygens (including phenoxy) is 1. The third-order valence-corrected chi connectivity index (χ3v) is 2.68. The van der Waals surface area contributed by atoms with Crippen molar-refractivity contribution in [2.24, 2.45) is 0 Å². The molecule has 0 atom stereocenters. The minimum absolute atomic E-state index is 0.237. The summed E-state index contributed by atoms with van der Waals surface area (Å²) in [4.78, 5) is 7.56. The van der Waals surface area contributed by atoms with Crippen molar-refractivity contribution in [2.75, 3.05) is 14.2 Å². The fourth-order valence-corrected chi connectivity index (χ4v) is 1.90. The molecule has 0 spiro atoms. The molecule has 2 aromatic rings. The largest absolute Gasteiger partial charge is 0.494 e. The SMILES string of the molecule is CNCc1[nH]c(C)nc1-c1ccc(OC)c(F)c1. The van der Waals surface area contributed by atoms with E-state index < -0.39 is 0 Å². The Balaban J connectivity index is 2.44. The van der Waals surface area contributed by atoms with Gasteiger partial charge < -0.3 is 15.0 Å². The van der Waals surface area contributed by atoms with Crippen molar-refractivity contribution in [3.63, 3.8) is 0 Å². The summed E-state index contributed by atoms with van der Waals surface area (Å²) >= 11 is 0. The summed E-state index contributed by atoms with van der Waals surface area (Å²) in [6.07, 6.45) is 0. The van der Waals surface area contributed by atoms with Crippen molar-refractivity contribution in [3.05, 3.63) is 35.5 Å². The Bertz CT molecular complexity index is 551. The zero-order valence-electron chi connectivity index (χ0n) is 10.7. The highest BCUT2D eigenvalue weighted by Crippen LogP contribution is 2.26. The van der Waals surface area contributed by atoms with Crippen molar-refractivity contribution in [1.82, 2.24) is 15.3 Å². The standard InChI is InChI=1S/C13H16FN3O/c1-8-16-11(7-15-2)13(17-8)9-4-5-12(18-3)10(14)6-9/h4-6,15H,7H2,1-3H3,(H,16,17). The molecule has 0 aliphatic carbocycles. The molecule has 0 aliphatic heterocycles. The number of aromatic nitrogens is 2. The summed E-state index contributed by atoms with van der Waals surface area (Å²) in [7, 11) is 3.30. The van der Waals surface area contributed by atoms with Crippen LogP contribution in [0.2, 0.25) is 0 Å². The second-order valence-electron chi connectivity index (χ2n) is 4.03. The molecule has 96 valence electrons. The Morgan fingerprint density at radius 2 is 2.22 bits per heavy atom. The number of aromatic amines is 1. The summed E-state index contributed by atoms with van der Waals surface area (Å²) < 4.78 is 18.6. The third kappa shape index (κ3) is 2.36. The smallest absolute Gasteiger partial charge is 0.165 e. The van der Waals surface area contributed by atoms with Crippen LogP contribution in [0.3, 0.4) is 0 Å². The van der Waals surface area contributed by atoms with Gasteiger partial charge in [-0.15, -0.1) is 0 Å². The van der Waals surface area contributed by atoms with Crippen LogP contribution in [0.1, 0.15) is 11.5 Å². The van der Waals surface area contributed by atoms with E-state index in [0.29, 0.717) is 6.54 Å². The van der Waals surface area contributed by atoms with E-state index in [9.17, 15) is 4.39 Å². The van der Waals surface area contributed by atoms with Gasteiger partial charge in [0.05, 0.1) is 18.5 Å². The van der Waals surface area contributed by atoms with Crippen LogP contribution in [0.5, 0.6) is 5.75 Å². The average Bonchev–Trinajstić information content (AvgIpc) is 2.71. The molecular formula is C13H16FN3O. The number of nitrogens with zero attached hydrogens (tertiary/aromatic N) is 1. The number of rotatable bonds is 4. The first kappa shape index (κ1) is 12.6. The Hall–Kier alpha value is -1.88. The highest BCUT2D eigenvalue weighted by atomic mass is 19.1. The van der Waals surface area contributed by atoms with Crippen molar-refractivity contribution in [3.8, 4) is 17.0 Å². The second-order valence-corrected chi connectivity index (χ2v) is 4.03. The van der Waals surface area contributed by atoms with E-state index in [2.05, 4.69) is 15.3 Å². The molecule has 0 aliphatic rings. The zero-order valence-corrected chi connectivity index (χ0v) is 10.7. The molecule has 4 nitrogen and oxygen atoms in total. The number of methoxy groups -OCH3 is 1. The summed E-state index contributed by atoms with van der Waals surface area (Å²) in [6, 6.07) is 4.85. The van der Waals surface area contributed by atoms with E-state index in [-0.39, 0.29) is 11.6 Å². The third-order valence-electron chi connectivity index (χ3n) is 2.68. The van der Waals surface area contributed by atoms with Gasteiger partial charge in [0.15, 0.2) is 11.6 Å². The van der Waals surface area contributed by atoms with Crippen LogP contribution < -0.4 is 10.1 Å². The normalized spacial score (nSPS) is 10.7. The van der Waals surface area contributed by atoms with E-state index in [1.165, 1.54) is 13.2 Å². The Kier molecular flexibility index (Phi) is 3.62. The van der Waals surface area contributed by atoms with Crippen molar-refractivity contribution >= 4 is 0 Å². The number of hydrogen-bond acceptors (Lipinski definition) is 3. The number of nitrogens with one attached hydrogen (secondary N) is 2. The zero-order chi connectivity index (χ0) is 13.1. The molecule has 0 saturated carbocycles. The number of aryl methyl sites for hydroxylation is 1. The summed E-state index contributed by atoms with van der Waals surface area (Å²) in [5, 5.41) is 3.05. The van der Waals surface area contributed by atoms with E-state index in [1.54, 1.807) is 12.1 Å². The maximum atomic E-state index is 13.7. The predicted molar refractivity (Wildman–Crippen MR) is 68.0 cm³/mol. The molecular weight excluding hydrogens is 233 g/mol. The highest BCUT2D eigenvalue weighted by Gasteiger charge is 2.12. The van der Waals surface area contributed by atoms with Gasteiger partial charge in [-0.2, -0.15) is 0 Å². The fourth-order valence-electron chi connectivity index (χ4n) is 1.90. The highest BCUT2D eigenvalue weighted by molar-refractivity contribution is 5.63. The maximum Gasteiger partial charge on any atom is 0.165 e. The molecule has 2 N–H and O–H groups in total. The van der Waals surface area contributed by atoms with Crippen LogP contribution >= 0.6 is 0 Å². The van der Waals surface area contributed by atoms with Gasteiger partial charge in [-0.1, -0.05) is 0 Å². The van der Waals surface area contributed by atoms with Crippen molar-refractivity contribution in [2.45, 2.75) is 13.5 Å². The molecule has 1 heterocycles. The number of halogens is 1. The molecule has 0 saturated heterocycles. The minimum Gasteiger partial charge on any atom is -0.494 e. The van der Waals surface area contributed by atoms with Gasteiger partial charge in [-0.25, -0.2) is 9.37 Å². The lowest BCUT2D eigenvalue weighted by molar-refractivity contribution is 0.386. The van der Waals surface area contributed by atoms with Gasteiger partial charge in [-0.05, 0) is 32.2 Å². The lowest BCUT2D eigenvalue weighted by Crippen LogP contribution is -2.06. The quantitative estimate of drug-likeness (QED) is 0.873. The maximum absolute atomic E-state index is 13.7. The molecule has 1 aromatic carbocycles. The molecule has 0 unspecified atom stereocenters. The molecule has 5 heteroatoms. The van der Waals surface area contributed by atoms with Gasteiger partial charge in [0.2, 0.25) is 0 Å². The minimum atomic E-state index is -0.383. The summed E-state index contributed by atoms with van der Waals surface area (Å²) in [5.41, 5.74) is 2.45. The second kappa shape index (κ2) is 5.18. The molecule has 2 rings (SSSR count). The van der Waals surface area contributed by atoms with E-state index in [4.69, 9.17) is 4.74 Å². The fraction of sp³-hybridized carbons (Fsp3) is 0.308. The lowest BCUT2D eigenvalue weighted by atomic mass is 10.1. The van der Waals surface area contributed by atoms with E-state index in [1.807, 2.05) is 14.0 Å².